The minimum Gasteiger partial charge on any atom is -0.495 e. The number of carbonyl (C=O) groups is 1. The van der Waals surface area contributed by atoms with Crippen LogP contribution >= 0.6 is 0 Å². The van der Waals surface area contributed by atoms with E-state index in [1.54, 1.807) is 31.8 Å². The van der Waals surface area contributed by atoms with Crippen molar-refractivity contribution in [2.24, 2.45) is 0 Å². The summed E-state index contributed by atoms with van der Waals surface area (Å²) in [7, 11) is 1.63. The van der Waals surface area contributed by atoms with Crippen LogP contribution in [-0.4, -0.2) is 22.6 Å². The van der Waals surface area contributed by atoms with Gasteiger partial charge in [0.05, 0.1) is 19.1 Å². The third-order valence-electron chi connectivity index (χ3n) is 5.42. The van der Waals surface area contributed by atoms with Crippen molar-refractivity contribution in [1.82, 2.24) is 14.9 Å². The summed E-state index contributed by atoms with van der Waals surface area (Å²) in [5.74, 6) is 0.574. The van der Waals surface area contributed by atoms with Gasteiger partial charge in [0.1, 0.15) is 5.75 Å². The van der Waals surface area contributed by atoms with Gasteiger partial charge in [0.25, 0.3) is 0 Å². The van der Waals surface area contributed by atoms with Gasteiger partial charge >= 0.3 is 0 Å². The Hall–Kier alpha value is -4.12. The Morgan fingerprint density at radius 2 is 1.76 bits per heavy atom. The maximum atomic E-state index is 12.4. The maximum Gasteiger partial charge on any atom is 0.244 e. The van der Waals surface area contributed by atoms with Gasteiger partial charge in [-0.2, -0.15) is 0 Å². The normalized spacial score (nSPS) is 10.9. The second-order valence-corrected chi connectivity index (χ2v) is 7.76. The van der Waals surface area contributed by atoms with Gasteiger partial charge in [0.2, 0.25) is 5.91 Å². The first-order chi connectivity index (χ1) is 16.2. The minimum atomic E-state index is -0.137. The van der Waals surface area contributed by atoms with E-state index in [0.717, 1.165) is 29.7 Å². The summed E-state index contributed by atoms with van der Waals surface area (Å²) in [5.41, 5.74) is 5.47. The van der Waals surface area contributed by atoms with Crippen LogP contribution < -0.4 is 10.1 Å². The summed E-state index contributed by atoms with van der Waals surface area (Å²) in [6.45, 7) is 0.491. The standard InChI is InChI=1S/C28H27N3O2/c1-33-27-19-24(12-14-26(27)31-17-16-29-21-31)13-15-28(32)30-20-25-9-5-8-23(18-25)11-10-22-6-3-2-4-7-22/h2-9,12-19,21H,10-11,20H2,1H3,(H,30,32)/b15-13+. The molecule has 0 aliphatic heterocycles. The summed E-state index contributed by atoms with van der Waals surface area (Å²) in [4.78, 5) is 16.4. The van der Waals surface area contributed by atoms with Crippen molar-refractivity contribution in [3.8, 4) is 11.4 Å². The van der Waals surface area contributed by atoms with Crippen molar-refractivity contribution in [3.63, 3.8) is 0 Å². The Morgan fingerprint density at radius 3 is 2.55 bits per heavy atom. The lowest BCUT2D eigenvalue weighted by molar-refractivity contribution is -0.116. The molecular formula is C28H27N3O2. The lowest BCUT2D eigenvalue weighted by Crippen LogP contribution is -2.20. The SMILES string of the molecule is COc1cc(/C=C/C(=O)NCc2cccc(CCc3ccccc3)c2)ccc1-n1ccnc1. The van der Waals surface area contributed by atoms with Crippen LogP contribution in [0.4, 0.5) is 0 Å². The monoisotopic (exact) mass is 437 g/mol. The third-order valence-corrected chi connectivity index (χ3v) is 5.42. The van der Waals surface area contributed by atoms with E-state index in [4.69, 9.17) is 4.74 Å². The van der Waals surface area contributed by atoms with Crippen molar-refractivity contribution in [1.29, 1.82) is 0 Å². The molecule has 5 nitrogen and oxygen atoms in total. The molecule has 3 aromatic carbocycles. The summed E-state index contributed by atoms with van der Waals surface area (Å²) in [6.07, 6.45) is 10.6. The molecule has 4 rings (SSSR count). The summed E-state index contributed by atoms with van der Waals surface area (Å²) < 4.78 is 7.38. The van der Waals surface area contributed by atoms with Gasteiger partial charge in [-0.3, -0.25) is 4.79 Å². The Bertz CT molecular complexity index is 1220. The number of amides is 1. The molecule has 1 heterocycles. The van der Waals surface area contributed by atoms with Gasteiger partial charge in [-0.25, -0.2) is 4.98 Å². The number of methoxy groups -OCH3 is 1. The number of imidazole rings is 1. The maximum absolute atomic E-state index is 12.4. The molecule has 0 fully saturated rings. The molecule has 0 saturated carbocycles. The Kier molecular flexibility index (Phi) is 7.33. The minimum absolute atomic E-state index is 0.137. The number of carbonyl (C=O) groups excluding carboxylic acids is 1. The summed E-state index contributed by atoms with van der Waals surface area (Å²) in [5, 5.41) is 2.96. The van der Waals surface area contributed by atoms with E-state index >= 15 is 0 Å². The first-order valence-corrected chi connectivity index (χ1v) is 11.0. The van der Waals surface area contributed by atoms with Gasteiger partial charge in [0.15, 0.2) is 0 Å². The van der Waals surface area contributed by atoms with E-state index in [-0.39, 0.29) is 5.91 Å². The molecule has 0 spiro atoms. The Balaban J connectivity index is 1.32. The lowest BCUT2D eigenvalue weighted by atomic mass is 10.0. The van der Waals surface area contributed by atoms with Crippen LogP contribution in [0.1, 0.15) is 22.3 Å². The number of aryl methyl sites for hydroxylation is 2. The van der Waals surface area contributed by atoms with Crippen LogP contribution in [-0.2, 0) is 24.2 Å². The number of hydrogen-bond donors (Lipinski definition) is 1. The zero-order chi connectivity index (χ0) is 22.9. The zero-order valence-electron chi connectivity index (χ0n) is 18.6. The second kappa shape index (κ2) is 11.0. The molecule has 0 bridgehead atoms. The third kappa shape index (κ3) is 6.20. The number of rotatable bonds is 9. The average Bonchev–Trinajstić information content (AvgIpc) is 3.40. The summed E-state index contributed by atoms with van der Waals surface area (Å²) in [6, 6.07) is 24.6. The van der Waals surface area contributed by atoms with Gasteiger partial charge in [0, 0.05) is 25.0 Å². The molecule has 0 aliphatic carbocycles. The van der Waals surface area contributed by atoms with Crippen molar-refractivity contribution >= 4 is 12.0 Å². The van der Waals surface area contributed by atoms with Crippen LogP contribution in [0.5, 0.6) is 5.75 Å². The largest absolute Gasteiger partial charge is 0.495 e. The predicted molar refractivity (Wildman–Crippen MR) is 131 cm³/mol. The van der Waals surface area contributed by atoms with Crippen molar-refractivity contribution in [2.45, 2.75) is 19.4 Å². The highest BCUT2D eigenvalue weighted by Crippen LogP contribution is 2.24. The van der Waals surface area contributed by atoms with E-state index in [9.17, 15) is 4.79 Å². The fourth-order valence-corrected chi connectivity index (χ4v) is 3.66. The Morgan fingerprint density at radius 1 is 0.970 bits per heavy atom. The molecule has 166 valence electrons. The van der Waals surface area contributed by atoms with E-state index in [0.29, 0.717) is 12.3 Å². The highest BCUT2D eigenvalue weighted by atomic mass is 16.5. The van der Waals surface area contributed by atoms with E-state index < -0.39 is 0 Å². The van der Waals surface area contributed by atoms with Gasteiger partial charge in [-0.1, -0.05) is 60.7 Å². The van der Waals surface area contributed by atoms with E-state index in [1.165, 1.54) is 11.1 Å². The topological polar surface area (TPSA) is 56.1 Å². The van der Waals surface area contributed by atoms with Crippen molar-refractivity contribution < 1.29 is 9.53 Å². The number of nitrogens with zero attached hydrogens (tertiary/aromatic N) is 2. The number of ether oxygens (including phenoxy) is 1. The molecule has 1 aromatic heterocycles. The van der Waals surface area contributed by atoms with Gasteiger partial charge < -0.3 is 14.6 Å². The molecule has 0 aliphatic rings. The lowest BCUT2D eigenvalue weighted by Gasteiger charge is -2.10. The van der Waals surface area contributed by atoms with Crippen LogP contribution in [0.25, 0.3) is 11.8 Å². The van der Waals surface area contributed by atoms with Crippen molar-refractivity contribution in [2.75, 3.05) is 7.11 Å². The molecule has 4 aromatic rings. The quantitative estimate of drug-likeness (QED) is 0.375. The fraction of sp³-hybridized carbons (Fsp3) is 0.143. The predicted octanol–water partition coefficient (Wildman–Crippen LogP) is 5.00. The number of aromatic nitrogens is 2. The zero-order valence-corrected chi connectivity index (χ0v) is 18.6. The molecule has 0 unspecified atom stereocenters. The molecule has 0 radical (unpaired) electrons. The van der Waals surface area contributed by atoms with Crippen LogP contribution in [0.15, 0.2) is 97.6 Å². The average molecular weight is 438 g/mol. The number of hydrogen-bond acceptors (Lipinski definition) is 3. The smallest absolute Gasteiger partial charge is 0.244 e. The highest BCUT2D eigenvalue weighted by molar-refractivity contribution is 5.91. The molecule has 0 saturated heterocycles. The van der Waals surface area contributed by atoms with Crippen LogP contribution in [0, 0.1) is 0 Å². The van der Waals surface area contributed by atoms with Gasteiger partial charge in [-0.15, -0.1) is 0 Å². The molecule has 1 N–H and O–H groups in total. The van der Waals surface area contributed by atoms with Crippen LogP contribution in [0.2, 0.25) is 0 Å². The molecular weight excluding hydrogens is 410 g/mol. The molecule has 5 heteroatoms. The Labute approximate surface area is 194 Å². The fourth-order valence-electron chi connectivity index (χ4n) is 3.66. The van der Waals surface area contributed by atoms with Gasteiger partial charge in [-0.05, 0) is 53.3 Å². The number of nitrogens with one attached hydrogen (secondary N) is 1. The van der Waals surface area contributed by atoms with E-state index in [1.807, 2.05) is 47.2 Å². The molecule has 33 heavy (non-hydrogen) atoms. The van der Waals surface area contributed by atoms with Crippen molar-refractivity contribution in [3.05, 3.63) is 120 Å². The van der Waals surface area contributed by atoms with Crippen LogP contribution in [0.3, 0.4) is 0 Å². The highest BCUT2D eigenvalue weighted by Gasteiger charge is 2.06. The first-order valence-electron chi connectivity index (χ1n) is 11.0. The molecule has 0 atom stereocenters. The number of benzene rings is 3. The van der Waals surface area contributed by atoms with E-state index in [2.05, 4.69) is 46.7 Å². The second-order valence-electron chi connectivity index (χ2n) is 7.76. The summed E-state index contributed by atoms with van der Waals surface area (Å²) >= 11 is 0. The molecule has 1 amide bonds. The first kappa shape index (κ1) is 22.1.